The van der Waals surface area contributed by atoms with Gasteiger partial charge in [0.15, 0.2) is 11.6 Å². The predicted octanol–water partition coefficient (Wildman–Crippen LogP) is 4.59. The summed E-state index contributed by atoms with van der Waals surface area (Å²) in [6.07, 6.45) is 6.20. The van der Waals surface area contributed by atoms with Gasteiger partial charge in [-0.3, -0.25) is 14.5 Å². The lowest BCUT2D eigenvalue weighted by Crippen LogP contribution is -2.38. The lowest BCUT2D eigenvalue weighted by atomic mass is 10.1. The highest BCUT2D eigenvalue weighted by Crippen LogP contribution is 2.45. The number of nitrogens with one attached hydrogen (secondary N) is 1. The summed E-state index contributed by atoms with van der Waals surface area (Å²) >= 11 is 0. The van der Waals surface area contributed by atoms with Crippen molar-refractivity contribution < 1.29 is 18.4 Å². The summed E-state index contributed by atoms with van der Waals surface area (Å²) < 4.78 is 28.3. The van der Waals surface area contributed by atoms with Crippen molar-refractivity contribution in [3.8, 4) is 0 Å². The number of unbranched alkanes of at least 4 members (excludes halogenated alkanes) is 1. The average Bonchev–Trinajstić information content (AvgIpc) is 2.97. The first-order chi connectivity index (χ1) is 16.3. The molecule has 0 unspecified atom stereocenters. The number of amides is 1. The molecule has 0 saturated carbocycles. The summed E-state index contributed by atoms with van der Waals surface area (Å²) in [7, 11) is 3.73. The lowest BCUT2D eigenvalue weighted by Gasteiger charge is -2.26. The van der Waals surface area contributed by atoms with E-state index in [1.165, 1.54) is 13.0 Å². The van der Waals surface area contributed by atoms with E-state index in [2.05, 4.69) is 17.1 Å². The number of fused-ring (bicyclic) bond motifs is 1. The van der Waals surface area contributed by atoms with Gasteiger partial charge in [0.1, 0.15) is 17.2 Å². The number of carbonyl (C=O) groups is 2. The van der Waals surface area contributed by atoms with E-state index in [4.69, 9.17) is 0 Å². The Labute approximate surface area is 199 Å². The first kappa shape index (κ1) is 25.4. The van der Waals surface area contributed by atoms with Crippen LogP contribution in [0.1, 0.15) is 33.1 Å². The van der Waals surface area contributed by atoms with Crippen LogP contribution in [0.15, 0.2) is 71.2 Å². The molecule has 0 radical (unpaired) electrons. The zero-order valence-electron chi connectivity index (χ0n) is 20.2. The highest BCUT2D eigenvalue weighted by atomic mass is 19.2. The number of anilines is 2. The van der Waals surface area contributed by atoms with E-state index in [1.807, 2.05) is 31.3 Å². The highest BCUT2D eigenvalue weighted by molar-refractivity contribution is 6.20. The average molecular weight is 471 g/mol. The van der Waals surface area contributed by atoms with Crippen LogP contribution in [-0.2, 0) is 9.59 Å². The van der Waals surface area contributed by atoms with Gasteiger partial charge in [0.25, 0.3) is 5.91 Å². The molecule has 1 heterocycles. The minimum absolute atomic E-state index is 0.0432. The molecule has 182 valence electrons. The lowest BCUT2D eigenvalue weighted by molar-refractivity contribution is -0.121. The Balaban J connectivity index is 2.01. The van der Waals surface area contributed by atoms with Crippen LogP contribution in [0.3, 0.4) is 0 Å². The van der Waals surface area contributed by atoms with Gasteiger partial charge in [-0.1, -0.05) is 31.6 Å². The molecule has 0 fully saturated rings. The third-order valence-corrected chi connectivity index (χ3v) is 5.87. The molecule has 34 heavy (non-hydrogen) atoms. The monoisotopic (exact) mass is 470 g/mol. The summed E-state index contributed by atoms with van der Waals surface area (Å²) in [6, 6.07) is 7.32. The number of benzene rings is 1. The maximum Gasteiger partial charge on any atom is 0.258 e. The maximum absolute atomic E-state index is 14.4. The number of carbonyl (C=O) groups excluding carboxylic acids is 2. The van der Waals surface area contributed by atoms with Gasteiger partial charge in [-0.05, 0) is 45.1 Å². The predicted molar refractivity (Wildman–Crippen MR) is 132 cm³/mol. The quantitative estimate of drug-likeness (QED) is 0.325. The third-order valence-electron chi connectivity index (χ3n) is 5.87. The summed E-state index contributed by atoms with van der Waals surface area (Å²) in [5.41, 5.74) is 1.68. The zero-order valence-corrected chi connectivity index (χ0v) is 20.2. The Hall–Kier alpha value is -3.26. The van der Waals surface area contributed by atoms with Gasteiger partial charge in [0, 0.05) is 32.6 Å². The molecule has 0 bridgehead atoms. The maximum atomic E-state index is 14.4. The fraction of sp³-hybridized carbons (Fsp3) is 0.385. The second kappa shape index (κ2) is 11.2. The van der Waals surface area contributed by atoms with Crippen LogP contribution in [0.4, 0.5) is 20.2 Å². The molecule has 1 N–H and O–H groups in total. The Morgan fingerprint density at radius 3 is 2.53 bits per heavy atom. The van der Waals surface area contributed by atoms with E-state index >= 15 is 0 Å². The first-order valence-corrected chi connectivity index (χ1v) is 11.5. The number of para-hydroxylation sites is 2. The standard InChI is InChI=1S/C26H32F2N4O2/c1-5-6-15-30(3)16-14-29-25(34)24(18(2)33)26-31(4)22-12-7-8-13-23(22)32(26)19-10-9-11-20(27)21(28)17-19/h7-10,12-13,17H,5-6,11,14-16H2,1-4H3,(H,29,34)/b26-24+. The van der Waals surface area contributed by atoms with E-state index in [-0.39, 0.29) is 12.0 Å². The number of ketones is 1. The van der Waals surface area contributed by atoms with E-state index < -0.39 is 23.3 Å². The van der Waals surface area contributed by atoms with Crippen molar-refractivity contribution in [2.45, 2.75) is 33.1 Å². The number of hydrogen-bond acceptors (Lipinski definition) is 5. The van der Waals surface area contributed by atoms with Crippen molar-refractivity contribution in [3.63, 3.8) is 0 Å². The summed E-state index contributed by atoms with van der Waals surface area (Å²) in [5.74, 6) is -2.46. The van der Waals surface area contributed by atoms with E-state index in [9.17, 15) is 18.4 Å². The van der Waals surface area contributed by atoms with Crippen LogP contribution in [0, 0.1) is 0 Å². The molecule has 2 aliphatic rings. The topological polar surface area (TPSA) is 55.9 Å². The molecule has 0 spiro atoms. The minimum atomic E-state index is -0.977. The number of nitrogens with zero attached hydrogens (tertiary/aromatic N) is 3. The largest absolute Gasteiger partial charge is 0.351 e. The molecule has 1 aromatic carbocycles. The van der Waals surface area contributed by atoms with Crippen LogP contribution in [-0.4, -0.2) is 50.3 Å². The molecular weight excluding hydrogens is 438 g/mol. The van der Waals surface area contributed by atoms with E-state index in [1.54, 1.807) is 22.9 Å². The van der Waals surface area contributed by atoms with Crippen molar-refractivity contribution in [2.24, 2.45) is 0 Å². The van der Waals surface area contributed by atoms with Crippen LogP contribution >= 0.6 is 0 Å². The Bertz CT molecular complexity index is 1070. The van der Waals surface area contributed by atoms with Gasteiger partial charge in [-0.15, -0.1) is 0 Å². The third kappa shape index (κ3) is 5.44. The van der Waals surface area contributed by atoms with Crippen LogP contribution < -0.4 is 15.1 Å². The second-order valence-corrected chi connectivity index (χ2v) is 8.48. The summed E-state index contributed by atoms with van der Waals surface area (Å²) in [4.78, 5) is 31.5. The van der Waals surface area contributed by atoms with Gasteiger partial charge in [-0.2, -0.15) is 0 Å². The molecule has 6 nitrogen and oxygen atoms in total. The smallest absolute Gasteiger partial charge is 0.258 e. The van der Waals surface area contributed by atoms with Gasteiger partial charge in [0.2, 0.25) is 0 Å². The van der Waals surface area contributed by atoms with Crippen LogP contribution in [0.2, 0.25) is 0 Å². The number of likely N-dealkylation sites (N-methyl/N-ethyl adjacent to an activating group) is 1. The second-order valence-electron chi connectivity index (χ2n) is 8.48. The van der Waals surface area contributed by atoms with Crippen molar-refractivity contribution >= 4 is 23.1 Å². The number of Topliss-reactive ketones (excluding diaryl/α,β-unsaturated/α-hetero) is 1. The van der Waals surface area contributed by atoms with E-state index in [0.717, 1.165) is 31.1 Å². The normalized spacial score (nSPS) is 17.1. The van der Waals surface area contributed by atoms with Crippen molar-refractivity contribution in [3.05, 3.63) is 71.2 Å². The number of allylic oxidation sites excluding steroid dienone is 5. The Morgan fingerprint density at radius 2 is 1.85 bits per heavy atom. The summed E-state index contributed by atoms with van der Waals surface area (Å²) in [5, 5.41) is 2.85. The van der Waals surface area contributed by atoms with Crippen LogP contribution in [0.25, 0.3) is 0 Å². The first-order valence-electron chi connectivity index (χ1n) is 11.5. The number of hydrogen-bond donors (Lipinski definition) is 1. The molecule has 1 aliphatic heterocycles. The Kier molecular flexibility index (Phi) is 8.39. The molecule has 1 aliphatic carbocycles. The molecule has 1 amide bonds. The molecule has 1 aromatic rings. The molecule has 0 aromatic heterocycles. The molecule has 8 heteroatoms. The van der Waals surface area contributed by atoms with Gasteiger partial charge >= 0.3 is 0 Å². The van der Waals surface area contributed by atoms with Gasteiger partial charge in [0.05, 0.1) is 17.1 Å². The SMILES string of the molecule is CCCCN(C)CCNC(=O)/C(C(C)=O)=C1\N(C)c2ccccc2N1C1=CC(F)=C(F)CC=C1. The van der Waals surface area contributed by atoms with E-state index in [0.29, 0.717) is 30.3 Å². The fourth-order valence-electron chi connectivity index (χ4n) is 4.04. The molecule has 0 atom stereocenters. The van der Waals surface area contributed by atoms with Gasteiger partial charge in [-0.25, -0.2) is 8.78 Å². The minimum Gasteiger partial charge on any atom is -0.351 e. The van der Waals surface area contributed by atoms with Gasteiger partial charge < -0.3 is 15.1 Å². The molecular formula is C26H32F2N4O2. The van der Waals surface area contributed by atoms with Crippen molar-refractivity contribution in [1.29, 1.82) is 0 Å². The fourth-order valence-corrected chi connectivity index (χ4v) is 4.04. The Morgan fingerprint density at radius 1 is 1.15 bits per heavy atom. The zero-order chi connectivity index (χ0) is 24.8. The molecule has 0 saturated heterocycles. The van der Waals surface area contributed by atoms with Crippen molar-refractivity contribution in [2.75, 3.05) is 43.5 Å². The van der Waals surface area contributed by atoms with Crippen molar-refractivity contribution in [1.82, 2.24) is 10.2 Å². The number of halogens is 2. The molecule has 3 rings (SSSR count). The highest BCUT2D eigenvalue weighted by Gasteiger charge is 2.36. The van der Waals surface area contributed by atoms with Crippen LogP contribution in [0.5, 0.6) is 0 Å². The number of rotatable bonds is 9. The summed E-state index contributed by atoms with van der Waals surface area (Å²) in [6.45, 7) is 5.41.